The van der Waals surface area contributed by atoms with E-state index in [4.69, 9.17) is 5.84 Å². The van der Waals surface area contributed by atoms with Crippen molar-refractivity contribution in [3.8, 4) is 0 Å². The Labute approximate surface area is 125 Å². The highest BCUT2D eigenvalue weighted by Crippen LogP contribution is 2.37. The number of aryl methyl sites for hydroxylation is 2. The Balaban J connectivity index is 2.04. The van der Waals surface area contributed by atoms with Crippen molar-refractivity contribution in [1.82, 2.24) is 15.2 Å². The molecule has 1 fully saturated rings. The molecular weight excluding hydrogens is 274 g/mol. The molecule has 1 atom stereocenters. The second kappa shape index (κ2) is 6.83. The summed E-state index contributed by atoms with van der Waals surface area (Å²) in [5, 5.41) is 4.53. The number of hydrazine groups is 1. The van der Waals surface area contributed by atoms with Gasteiger partial charge >= 0.3 is 0 Å². The summed E-state index contributed by atoms with van der Waals surface area (Å²) in [5.74, 6) is 3.40. The summed E-state index contributed by atoms with van der Waals surface area (Å²) in [6, 6.07) is 2.14. The maximum Gasteiger partial charge on any atom is 0.248 e. The van der Waals surface area contributed by atoms with Crippen LogP contribution in [-0.4, -0.2) is 21.7 Å². The van der Waals surface area contributed by atoms with Crippen LogP contribution in [0.3, 0.4) is 0 Å². The first-order valence-corrected chi connectivity index (χ1v) is 7.88. The van der Waals surface area contributed by atoms with Crippen LogP contribution in [0, 0.1) is 5.92 Å². The Morgan fingerprint density at radius 1 is 1.43 bits per heavy atom. The summed E-state index contributed by atoms with van der Waals surface area (Å²) in [7, 11) is 0. The van der Waals surface area contributed by atoms with E-state index < -0.39 is 5.92 Å². The molecule has 1 aromatic heterocycles. The minimum absolute atomic E-state index is 0.0247. The molecule has 0 aliphatic heterocycles. The summed E-state index contributed by atoms with van der Waals surface area (Å²) in [6.07, 6.45) is 2.65. The highest BCUT2D eigenvalue weighted by atomic mass is 19.3. The Kier molecular flexibility index (Phi) is 5.32. The zero-order valence-corrected chi connectivity index (χ0v) is 12.9. The third-order valence-electron chi connectivity index (χ3n) is 4.55. The number of hydrogen-bond donors (Lipinski definition) is 2. The van der Waals surface area contributed by atoms with Gasteiger partial charge in [0.25, 0.3) is 0 Å². The topological polar surface area (TPSA) is 55.9 Å². The van der Waals surface area contributed by atoms with E-state index in [1.807, 2.05) is 4.68 Å². The van der Waals surface area contributed by atoms with E-state index in [0.717, 1.165) is 30.8 Å². The third-order valence-corrected chi connectivity index (χ3v) is 4.55. The standard InChI is InChI=1S/C15H26F2N4/c1-3-12-9-13(21(4-2)20-12)10-14(19-18)11-5-7-15(16,17)8-6-11/h9,11,14,19H,3-8,10,18H2,1-2H3. The molecule has 120 valence electrons. The van der Waals surface area contributed by atoms with Gasteiger partial charge in [0.05, 0.1) is 5.69 Å². The van der Waals surface area contributed by atoms with Crippen molar-refractivity contribution >= 4 is 0 Å². The van der Waals surface area contributed by atoms with Crippen molar-refractivity contribution in [1.29, 1.82) is 0 Å². The molecule has 4 nitrogen and oxygen atoms in total. The van der Waals surface area contributed by atoms with Crippen molar-refractivity contribution in [2.45, 2.75) is 70.9 Å². The summed E-state index contributed by atoms with van der Waals surface area (Å²) in [6.45, 7) is 4.95. The normalized spacial score (nSPS) is 20.6. The van der Waals surface area contributed by atoms with Crippen LogP contribution >= 0.6 is 0 Å². The van der Waals surface area contributed by atoms with Gasteiger partial charge in [-0.2, -0.15) is 5.10 Å². The Bertz CT molecular complexity index is 449. The van der Waals surface area contributed by atoms with E-state index >= 15 is 0 Å². The van der Waals surface area contributed by atoms with E-state index in [9.17, 15) is 8.78 Å². The van der Waals surface area contributed by atoms with Gasteiger partial charge in [0.2, 0.25) is 5.92 Å². The molecule has 2 rings (SSSR count). The molecule has 0 bridgehead atoms. The van der Waals surface area contributed by atoms with Crippen LogP contribution in [0.2, 0.25) is 0 Å². The van der Waals surface area contributed by atoms with E-state index in [1.54, 1.807) is 0 Å². The Morgan fingerprint density at radius 2 is 2.10 bits per heavy atom. The summed E-state index contributed by atoms with van der Waals surface area (Å²) >= 11 is 0. The molecule has 3 N–H and O–H groups in total. The second-order valence-corrected chi connectivity index (χ2v) is 5.97. The van der Waals surface area contributed by atoms with Crippen molar-refractivity contribution in [3.05, 3.63) is 17.5 Å². The quantitative estimate of drug-likeness (QED) is 0.627. The highest BCUT2D eigenvalue weighted by molar-refractivity contribution is 5.12. The zero-order valence-electron chi connectivity index (χ0n) is 12.9. The van der Waals surface area contributed by atoms with Crippen LogP contribution in [0.4, 0.5) is 8.78 Å². The van der Waals surface area contributed by atoms with Gasteiger partial charge in [-0.3, -0.25) is 16.0 Å². The van der Waals surface area contributed by atoms with Gasteiger partial charge in [0.15, 0.2) is 0 Å². The first-order chi connectivity index (χ1) is 9.99. The Hall–Kier alpha value is -1.01. The fraction of sp³-hybridized carbons (Fsp3) is 0.800. The third kappa shape index (κ3) is 4.01. The molecule has 21 heavy (non-hydrogen) atoms. The molecular formula is C15H26F2N4. The molecule has 1 saturated carbocycles. The minimum Gasteiger partial charge on any atom is -0.271 e. The van der Waals surface area contributed by atoms with Crippen LogP contribution in [-0.2, 0) is 19.4 Å². The molecule has 0 radical (unpaired) electrons. The lowest BCUT2D eigenvalue weighted by Crippen LogP contribution is -2.45. The van der Waals surface area contributed by atoms with Crippen LogP contribution in [0.5, 0.6) is 0 Å². The molecule has 1 unspecified atom stereocenters. The summed E-state index contributed by atoms with van der Waals surface area (Å²) in [4.78, 5) is 0. The van der Waals surface area contributed by atoms with E-state index in [2.05, 4.69) is 30.4 Å². The van der Waals surface area contributed by atoms with E-state index in [1.165, 1.54) is 0 Å². The monoisotopic (exact) mass is 300 g/mol. The first-order valence-electron chi connectivity index (χ1n) is 7.88. The predicted octanol–water partition coefficient (Wildman–Crippen LogP) is 2.67. The summed E-state index contributed by atoms with van der Waals surface area (Å²) < 4.78 is 28.5. The van der Waals surface area contributed by atoms with Gasteiger partial charge in [-0.25, -0.2) is 8.78 Å². The van der Waals surface area contributed by atoms with Crippen LogP contribution in [0.1, 0.15) is 50.9 Å². The average molecular weight is 300 g/mol. The molecule has 0 spiro atoms. The van der Waals surface area contributed by atoms with Crippen molar-refractivity contribution in [2.24, 2.45) is 11.8 Å². The van der Waals surface area contributed by atoms with Gasteiger partial charge in [-0.1, -0.05) is 6.92 Å². The largest absolute Gasteiger partial charge is 0.271 e. The maximum atomic E-state index is 13.3. The van der Waals surface area contributed by atoms with Crippen molar-refractivity contribution in [3.63, 3.8) is 0 Å². The molecule has 0 aromatic carbocycles. The lowest BCUT2D eigenvalue weighted by molar-refractivity contribution is -0.0496. The van der Waals surface area contributed by atoms with Crippen LogP contribution in [0.25, 0.3) is 0 Å². The molecule has 1 aromatic rings. The highest BCUT2D eigenvalue weighted by Gasteiger charge is 2.37. The number of halogens is 2. The number of nitrogens with two attached hydrogens (primary N) is 1. The number of nitrogens with zero attached hydrogens (tertiary/aromatic N) is 2. The predicted molar refractivity (Wildman–Crippen MR) is 79.0 cm³/mol. The second-order valence-electron chi connectivity index (χ2n) is 5.97. The Morgan fingerprint density at radius 3 is 2.62 bits per heavy atom. The molecule has 0 amide bonds. The fourth-order valence-corrected chi connectivity index (χ4v) is 3.18. The average Bonchev–Trinajstić information content (AvgIpc) is 2.87. The number of alkyl halides is 2. The number of rotatable bonds is 6. The minimum atomic E-state index is -2.49. The first kappa shape index (κ1) is 16.4. The van der Waals surface area contributed by atoms with Gasteiger partial charge in [-0.05, 0) is 38.2 Å². The smallest absolute Gasteiger partial charge is 0.248 e. The molecule has 1 aliphatic carbocycles. The molecule has 1 aliphatic rings. The molecule has 1 heterocycles. The van der Waals surface area contributed by atoms with Gasteiger partial charge < -0.3 is 0 Å². The lowest BCUT2D eigenvalue weighted by Gasteiger charge is -2.33. The number of hydrogen-bond acceptors (Lipinski definition) is 3. The van der Waals surface area contributed by atoms with Gasteiger partial charge in [-0.15, -0.1) is 0 Å². The van der Waals surface area contributed by atoms with Gasteiger partial charge in [0, 0.05) is 37.5 Å². The SMILES string of the molecule is CCc1cc(CC(NN)C2CCC(F)(F)CC2)n(CC)n1. The van der Waals surface area contributed by atoms with Crippen LogP contribution in [0.15, 0.2) is 6.07 Å². The van der Waals surface area contributed by atoms with Crippen molar-refractivity contribution in [2.75, 3.05) is 0 Å². The van der Waals surface area contributed by atoms with Crippen molar-refractivity contribution < 1.29 is 8.78 Å². The maximum absolute atomic E-state index is 13.3. The molecule has 6 heteroatoms. The van der Waals surface area contributed by atoms with E-state index in [0.29, 0.717) is 12.8 Å². The van der Waals surface area contributed by atoms with E-state index in [-0.39, 0.29) is 24.8 Å². The number of aromatic nitrogens is 2. The molecule has 0 saturated heterocycles. The zero-order chi connectivity index (χ0) is 15.5. The summed E-state index contributed by atoms with van der Waals surface area (Å²) in [5.41, 5.74) is 5.04. The van der Waals surface area contributed by atoms with Gasteiger partial charge in [0.1, 0.15) is 0 Å². The van der Waals surface area contributed by atoms with Crippen LogP contribution < -0.4 is 11.3 Å². The lowest BCUT2D eigenvalue weighted by atomic mass is 9.81. The fourth-order valence-electron chi connectivity index (χ4n) is 3.18. The number of nitrogens with one attached hydrogen (secondary N) is 1.